The summed E-state index contributed by atoms with van der Waals surface area (Å²) in [6.45, 7) is 3.42. The summed E-state index contributed by atoms with van der Waals surface area (Å²) in [5.41, 5.74) is -0.268. The van der Waals surface area contributed by atoms with Gasteiger partial charge in [-0.1, -0.05) is 11.3 Å². The number of methoxy groups -OCH3 is 1. The van der Waals surface area contributed by atoms with Crippen molar-refractivity contribution in [2.75, 3.05) is 68.6 Å². The third-order valence-electron chi connectivity index (χ3n) is 5.89. The molecule has 2 aliphatic heterocycles. The summed E-state index contributed by atoms with van der Waals surface area (Å²) in [6, 6.07) is 3.29. The first kappa shape index (κ1) is 27.0. The van der Waals surface area contributed by atoms with E-state index in [-0.39, 0.29) is 29.0 Å². The number of hydrogen-bond acceptors (Lipinski definition) is 10. The van der Waals surface area contributed by atoms with Gasteiger partial charge in [-0.25, -0.2) is 0 Å². The van der Waals surface area contributed by atoms with Gasteiger partial charge in [-0.15, -0.1) is 23.4 Å². The molecule has 202 valence electrons. The minimum atomic E-state index is -4.98. The predicted octanol–water partition coefficient (Wildman–Crippen LogP) is 2.57. The summed E-state index contributed by atoms with van der Waals surface area (Å²) in [7, 11) is 1.68. The topological polar surface area (TPSA) is 118 Å². The van der Waals surface area contributed by atoms with E-state index in [2.05, 4.69) is 25.6 Å². The number of carbonyl (C=O) groups excluding carboxylic acids is 2. The van der Waals surface area contributed by atoms with Gasteiger partial charge < -0.3 is 24.4 Å². The Hall–Kier alpha value is -3.01. The van der Waals surface area contributed by atoms with E-state index in [4.69, 9.17) is 9.47 Å². The molecule has 3 heterocycles. The van der Waals surface area contributed by atoms with Crippen molar-refractivity contribution in [1.82, 2.24) is 15.1 Å². The molecule has 15 heteroatoms. The number of morpholine rings is 1. The summed E-state index contributed by atoms with van der Waals surface area (Å²) in [6.07, 6.45) is -3.07. The number of ether oxygens (including phenoxy) is 3. The number of alkyl halides is 3. The highest BCUT2D eigenvalue weighted by Gasteiger charge is 2.33. The molecule has 2 aliphatic rings. The smallest absolute Gasteiger partial charge is 0.404 e. The van der Waals surface area contributed by atoms with Crippen LogP contribution in [0.2, 0.25) is 0 Å². The van der Waals surface area contributed by atoms with Crippen LogP contribution in [0, 0.1) is 0 Å². The van der Waals surface area contributed by atoms with Crippen LogP contribution in [0.15, 0.2) is 18.2 Å². The molecule has 37 heavy (non-hydrogen) atoms. The van der Waals surface area contributed by atoms with Crippen molar-refractivity contribution < 1.29 is 37.0 Å². The van der Waals surface area contributed by atoms with Gasteiger partial charge in [0.2, 0.25) is 16.2 Å². The van der Waals surface area contributed by atoms with E-state index in [1.807, 2.05) is 9.80 Å². The lowest BCUT2D eigenvalue weighted by molar-refractivity contribution is -0.274. The maximum Gasteiger partial charge on any atom is 0.573 e. The van der Waals surface area contributed by atoms with Crippen LogP contribution in [0.25, 0.3) is 0 Å². The van der Waals surface area contributed by atoms with E-state index in [1.54, 1.807) is 7.11 Å². The average molecular weight is 545 g/mol. The Balaban J connectivity index is 1.43. The van der Waals surface area contributed by atoms with Gasteiger partial charge in [0.25, 0.3) is 5.91 Å². The lowest BCUT2D eigenvalue weighted by atomic mass is 10.1. The number of nitrogens with zero attached hydrogens (tertiary/aromatic N) is 4. The second-order valence-corrected chi connectivity index (χ2v) is 9.42. The standard InChI is InChI=1S/C22H27F3N6O5S/c1-34-15-4-6-31(7-5-15)21-29-28-20(37-21)27-19(33)14-2-3-17(36-22(23,24)25)16(12-14)26-18(32)13-30-8-10-35-11-9-30/h2-3,12,15H,4-11,13H2,1H3,(H,26,32)(H,27,28,33). The number of carbonyl (C=O) groups is 2. The molecular weight excluding hydrogens is 517 g/mol. The molecule has 0 aliphatic carbocycles. The molecule has 0 unspecified atom stereocenters. The van der Waals surface area contributed by atoms with E-state index in [1.165, 1.54) is 17.4 Å². The SMILES string of the molecule is COC1CCN(c2nnc(NC(=O)c3ccc(OC(F)(F)F)c(NC(=O)CN4CCOCC4)c3)s2)CC1. The molecule has 0 spiro atoms. The van der Waals surface area contributed by atoms with Crippen LogP contribution in [-0.4, -0.2) is 92.4 Å². The number of halogens is 3. The number of hydrogen-bond donors (Lipinski definition) is 2. The molecule has 2 fully saturated rings. The van der Waals surface area contributed by atoms with Gasteiger partial charge in [-0.05, 0) is 31.0 Å². The molecule has 1 aromatic carbocycles. The summed E-state index contributed by atoms with van der Waals surface area (Å²) < 4.78 is 53.4. The number of benzene rings is 1. The minimum Gasteiger partial charge on any atom is -0.404 e. The molecule has 0 atom stereocenters. The molecule has 11 nitrogen and oxygen atoms in total. The molecule has 0 bridgehead atoms. The van der Waals surface area contributed by atoms with Gasteiger partial charge in [0, 0.05) is 38.9 Å². The number of piperidine rings is 1. The number of anilines is 3. The second kappa shape index (κ2) is 12.0. The van der Waals surface area contributed by atoms with Crippen LogP contribution in [0.5, 0.6) is 5.75 Å². The summed E-state index contributed by atoms with van der Waals surface area (Å²) in [4.78, 5) is 29.2. The van der Waals surface area contributed by atoms with Gasteiger partial charge >= 0.3 is 6.36 Å². The second-order valence-electron chi connectivity index (χ2n) is 8.46. The van der Waals surface area contributed by atoms with Crippen LogP contribution in [0.1, 0.15) is 23.2 Å². The normalized spacial score (nSPS) is 17.5. The maximum absolute atomic E-state index is 12.9. The molecule has 0 radical (unpaired) electrons. The fraction of sp³-hybridized carbons (Fsp3) is 0.545. The van der Waals surface area contributed by atoms with Crippen LogP contribution in [-0.2, 0) is 14.3 Å². The van der Waals surface area contributed by atoms with Gasteiger partial charge in [0.15, 0.2) is 5.75 Å². The van der Waals surface area contributed by atoms with Gasteiger partial charge in [-0.3, -0.25) is 19.8 Å². The van der Waals surface area contributed by atoms with E-state index in [0.29, 0.717) is 31.4 Å². The van der Waals surface area contributed by atoms with Crippen molar-refractivity contribution in [3.05, 3.63) is 23.8 Å². The average Bonchev–Trinajstić information content (AvgIpc) is 3.33. The number of amides is 2. The zero-order valence-electron chi connectivity index (χ0n) is 20.0. The summed E-state index contributed by atoms with van der Waals surface area (Å²) in [5, 5.41) is 14.1. The zero-order valence-corrected chi connectivity index (χ0v) is 20.9. The highest BCUT2D eigenvalue weighted by atomic mass is 32.1. The lowest BCUT2D eigenvalue weighted by Gasteiger charge is -2.30. The molecular formula is C22H27F3N6O5S. The van der Waals surface area contributed by atoms with Crippen LogP contribution >= 0.6 is 11.3 Å². The third-order valence-corrected chi connectivity index (χ3v) is 6.79. The van der Waals surface area contributed by atoms with Crippen molar-refractivity contribution >= 4 is 39.1 Å². The Morgan fingerprint density at radius 1 is 1.14 bits per heavy atom. The van der Waals surface area contributed by atoms with E-state index in [9.17, 15) is 22.8 Å². The third kappa shape index (κ3) is 7.74. The number of rotatable bonds is 8. The van der Waals surface area contributed by atoms with Crippen LogP contribution in [0.3, 0.4) is 0 Å². The molecule has 2 aromatic rings. The Morgan fingerprint density at radius 2 is 1.86 bits per heavy atom. The van der Waals surface area contributed by atoms with Crippen LogP contribution in [0.4, 0.5) is 29.1 Å². The number of aromatic nitrogens is 2. The van der Waals surface area contributed by atoms with Crippen molar-refractivity contribution in [3.63, 3.8) is 0 Å². The van der Waals surface area contributed by atoms with E-state index in [0.717, 1.165) is 38.1 Å². The Morgan fingerprint density at radius 3 is 2.54 bits per heavy atom. The molecule has 1 aromatic heterocycles. The zero-order chi connectivity index (χ0) is 26.4. The van der Waals surface area contributed by atoms with E-state index < -0.39 is 23.9 Å². The van der Waals surface area contributed by atoms with Gasteiger partial charge in [-0.2, -0.15) is 0 Å². The first-order valence-corrected chi connectivity index (χ1v) is 12.4. The molecule has 4 rings (SSSR count). The Bertz CT molecular complexity index is 1090. The van der Waals surface area contributed by atoms with Crippen molar-refractivity contribution in [1.29, 1.82) is 0 Å². The van der Waals surface area contributed by atoms with Crippen LogP contribution < -0.4 is 20.3 Å². The first-order valence-electron chi connectivity index (χ1n) is 11.6. The van der Waals surface area contributed by atoms with Gasteiger partial charge in [0.05, 0.1) is 31.5 Å². The monoisotopic (exact) mass is 544 g/mol. The summed E-state index contributed by atoms with van der Waals surface area (Å²) >= 11 is 1.19. The Kier molecular flexibility index (Phi) is 8.79. The molecule has 2 N–H and O–H groups in total. The van der Waals surface area contributed by atoms with Crippen molar-refractivity contribution in [2.45, 2.75) is 25.3 Å². The molecule has 2 amide bonds. The maximum atomic E-state index is 12.9. The summed E-state index contributed by atoms with van der Waals surface area (Å²) in [5.74, 6) is -1.79. The van der Waals surface area contributed by atoms with Crippen molar-refractivity contribution in [3.8, 4) is 5.75 Å². The fourth-order valence-electron chi connectivity index (χ4n) is 3.98. The van der Waals surface area contributed by atoms with Crippen molar-refractivity contribution in [2.24, 2.45) is 0 Å². The molecule has 0 saturated carbocycles. The highest BCUT2D eigenvalue weighted by molar-refractivity contribution is 7.19. The van der Waals surface area contributed by atoms with E-state index >= 15 is 0 Å². The highest BCUT2D eigenvalue weighted by Crippen LogP contribution is 2.32. The number of nitrogens with one attached hydrogen (secondary N) is 2. The minimum absolute atomic E-state index is 0.00820. The first-order chi connectivity index (χ1) is 17.7. The lowest BCUT2D eigenvalue weighted by Crippen LogP contribution is -2.41. The fourth-order valence-corrected chi connectivity index (χ4v) is 4.77. The largest absolute Gasteiger partial charge is 0.573 e. The Labute approximate surface area is 214 Å². The predicted molar refractivity (Wildman–Crippen MR) is 129 cm³/mol. The quantitative estimate of drug-likeness (QED) is 0.517. The van der Waals surface area contributed by atoms with Gasteiger partial charge in [0.1, 0.15) is 0 Å². The molecule has 2 saturated heterocycles.